The van der Waals surface area contributed by atoms with Crippen molar-refractivity contribution in [1.82, 2.24) is 9.97 Å². The van der Waals surface area contributed by atoms with Gasteiger partial charge in [-0.3, -0.25) is 0 Å². The summed E-state index contributed by atoms with van der Waals surface area (Å²) in [5.41, 5.74) is 1.25. The molecule has 110 valence electrons. The van der Waals surface area contributed by atoms with Crippen molar-refractivity contribution in [2.75, 3.05) is 30.4 Å². The first-order valence-electron chi connectivity index (χ1n) is 7.28. The van der Waals surface area contributed by atoms with Gasteiger partial charge in [0.25, 0.3) is 0 Å². The maximum Gasteiger partial charge on any atom is 0.222 e. The van der Waals surface area contributed by atoms with Crippen LogP contribution in [0.4, 0.5) is 11.6 Å². The van der Waals surface area contributed by atoms with E-state index in [-0.39, 0.29) is 0 Å². The molecule has 5 heteroatoms. The average Bonchev–Trinajstić information content (AvgIpc) is 2.57. The van der Waals surface area contributed by atoms with Crippen molar-refractivity contribution in [1.29, 1.82) is 0 Å². The fraction of sp³-hybridized carbons (Fsp3) is 0.375. The van der Waals surface area contributed by atoms with Crippen LogP contribution in [0.5, 0.6) is 5.75 Å². The number of nitrogens with one attached hydrogen (secondary N) is 1. The summed E-state index contributed by atoms with van der Waals surface area (Å²) < 4.78 is 5.20. The summed E-state index contributed by atoms with van der Waals surface area (Å²) in [5.74, 6) is 1.62. The van der Waals surface area contributed by atoms with E-state index in [0.717, 1.165) is 37.6 Å². The minimum absolute atomic E-state index is 0.446. The van der Waals surface area contributed by atoms with Crippen molar-refractivity contribution in [3.63, 3.8) is 0 Å². The Labute approximate surface area is 125 Å². The fourth-order valence-corrected chi connectivity index (χ4v) is 2.63. The van der Waals surface area contributed by atoms with Gasteiger partial charge in [-0.15, -0.1) is 0 Å². The molecule has 0 saturated carbocycles. The van der Waals surface area contributed by atoms with Gasteiger partial charge >= 0.3 is 0 Å². The van der Waals surface area contributed by atoms with Crippen LogP contribution >= 0.6 is 0 Å². The van der Waals surface area contributed by atoms with Crippen molar-refractivity contribution >= 4 is 11.6 Å². The van der Waals surface area contributed by atoms with Crippen LogP contribution in [-0.4, -0.2) is 36.2 Å². The molecule has 2 aromatic rings. The van der Waals surface area contributed by atoms with E-state index in [2.05, 4.69) is 32.3 Å². The Kier molecular flexibility index (Phi) is 4.19. The van der Waals surface area contributed by atoms with E-state index in [4.69, 9.17) is 4.74 Å². The lowest BCUT2D eigenvalue weighted by atomic mass is 10.0. The molecule has 1 saturated heterocycles. The lowest BCUT2D eigenvalue weighted by molar-refractivity contribution is 0.414. The van der Waals surface area contributed by atoms with Gasteiger partial charge in [-0.25, -0.2) is 9.97 Å². The molecule has 0 spiro atoms. The number of methoxy groups -OCH3 is 1. The quantitative estimate of drug-likeness (QED) is 0.935. The zero-order valence-electron chi connectivity index (χ0n) is 12.2. The summed E-state index contributed by atoms with van der Waals surface area (Å²) in [5, 5.41) is 3.40. The topological polar surface area (TPSA) is 50.3 Å². The van der Waals surface area contributed by atoms with Crippen molar-refractivity contribution < 1.29 is 4.74 Å². The highest BCUT2D eigenvalue weighted by Gasteiger charge is 2.19. The Morgan fingerprint density at radius 3 is 2.38 bits per heavy atom. The third-order valence-electron chi connectivity index (χ3n) is 3.83. The Bertz CT molecular complexity index is 550. The van der Waals surface area contributed by atoms with Gasteiger partial charge in [0.15, 0.2) is 0 Å². The summed E-state index contributed by atoms with van der Waals surface area (Å²) >= 11 is 0. The highest BCUT2D eigenvalue weighted by molar-refractivity contribution is 5.49. The molecule has 1 aromatic heterocycles. The number of benzene rings is 1. The molecule has 0 unspecified atom stereocenters. The molecular weight excluding hydrogens is 264 g/mol. The first kappa shape index (κ1) is 13.7. The largest absolute Gasteiger partial charge is 0.497 e. The maximum absolute atomic E-state index is 5.20. The molecule has 1 N–H and O–H groups in total. The smallest absolute Gasteiger partial charge is 0.222 e. The minimum Gasteiger partial charge on any atom is -0.497 e. The molecule has 2 heterocycles. The first-order valence-corrected chi connectivity index (χ1v) is 7.28. The number of hydrogen-bond acceptors (Lipinski definition) is 5. The van der Waals surface area contributed by atoms with Gasteiger partial charge < -0.3 is 15.0 Å². The highest BCUT2D eigenvalue weighted by Crippen LogP contribution is 2.23. The number of hydrogen-bond donors (Lipinski definition) is 1. The van der Waals surface area contributed by atoms with Gasteiger partial charge in [0.05, 0.1) is 7.11 Å². The molecule has 0 amide bonds. The molecule has 1 aliphatic rings. The van der Waals surface area contributed by atoms with Crippen LogP contribution in [0.2, 0.25) is 0 Å². The standard InChI is InChI=1S/C16H20N4O/c1-21-15-5-3-14(4-6-15)20-11-7-13(8-12-20)19-16-17-9-2-10-18-16/h2-6,9-10,13H,7-8,11-12H2,1H3,(H,17,18,19). The molecule has 0 aliphatic carbocycles. The molecule has 1 aliphatic heterocycles. The van der Waals surface area contributed by atoms with Crippen LogP contribution in [0.15, 0.2) is 42.7 Å². The van der Waals surface area contributed by atoms with Gasteiger partial charge in [-0.1, -0.05) is 0 Å². The van der Waals surface area contributed by atoms with Crippen molar-refractivity contribution in [2.45, 2.75) is 18.9 Å². The van der Waals surface area contributed by atoms with Crippen LogP contribution in [0.25, 0.3) is 0 Å². The number of aromatic nitrogens is 2. The van der Waals surface area contributed by atoms with E-state index in [9.17, 15) is 0 Å². The fourth-order valence-electron chi connectivity index (χ4n) is 2.63. The van der Waals surface area contributed by atoms with Crippen LogP contribution < -0.4 is 15.0 Å². The van der Waals surface area contributed by atoms with Crippen LogP contribution in [0.1, 0.15) is 12.8 Å². The Morgan fingerprint density at radius 1 is 1.10 bits per heavy atom. The van der Waals surface area contributed by atoms with E-state index in [1.54, 1.807) is 19.5 Å². The SMILES string of the molecule is COc1ccc(N2CCC(Nc3ncccn3)CC2)cc1. The molecule has 3 rings (SSSR count). The molecule has 0 bridgehead atoms. The third-order valence-corrected chi connectivity index (χ3v) is 3.83. The summed E-state index contributed by atoms with van der Waals surface area (Å²) in [6.45, 7) is 2.08. The Morgan fingerprint density at radius 2 is 1.76 bits per heavy atom. The lowest BCUT2D eigenvalue weighted by Crippen LogP contribution is -2.39. The van der Waals surface area contributed by atoms with Crippen molar-refractivity contribution in [3.8, 4) is 5.75 Å². The highest BCUT2D eigenvalue weighted by atomic mass is 16.5. The summed E-state index contributed by atoms with van der Waals surface area (Å²) in [7, 11) is 1.69. The molecule has 0 atom stereocenters. The summed E-state index contributed by atoms with van der Waals surface area (Å²) in [4.78, 5) is 10.8. The number of piperidine rings is 1. The van der Waals surface area contributed by atoms with Gasteiger partial charge in [-0.05, 0) is 43.2 Å². The number of rotatable bonds is 4. The Hall–Kier alpha value is -2.30. The summed E-state index contributed by atoms with van der Waals surface area (Å²) in [6, 6.07) is 10.5. The van der Waals surface area contributed by atoms with Crippen molar-refractivity contribution in [2.24, 2.45) is 0 Å². The maximum atomic E-state index is 5.20. The first-order chi connectivity index (χ1) is 10.3. The predicted octanol–water partition coefficient (Wildman–Crippen LogP) is 2.57. The second kappa shape index (κ2) is 6.43. The number of nitrogens with zero attached hydrogens (tertiary/aromatic N) is 3. The van der Waals surface area contributed by atoms with E-state index in [1.165, 1.54) is 5.69 Å². The van der Waals surface area contributed by atoms with E-state index in [1.807, 2.05) is 18.2 Å². The van der Waals surface area contributed by atoms with E-state index < -0.39 is 0 Å². The van der Waals surface area contributed by atoms with Crippen LogP contribution in [-0.2, 0) is 0 Å². The van der Waals surface area contributed by atoms with Crippen molar-refractivity contribution in [3.05, 3.63) is 42.7 Å². The second-order valence-corrected chi connectivity index (χ2v) is 5.18. The van der Waals surface area contributed by atoms with E-state index in [0.29, 0.717) is 6.04 Å². The van der Waals surface area contributed by atoms with Gasteiger partial charge in [0, 0.05) is 37.2 Å². The number of ether oxygens (including phenoxy) is 1. The molecule has 5 nitrogen and oxygen atoms in total. The zero-order chi connectivity index (χ0) is 14.5. The summed E-state index contributed by atoms with van der Waals surface area (Å²) in [6.07, 6.45) is 5.71. The molecule has 1 fully saturated rings. The normalized spacial score (nSPS) is 15.8. The average molecular weight is 284 g/mol. The molecule has 0 radical (unpaired) electrons. The zero-order valence-corrected chi connectivity index (χ0v) is 12.2. The number of anilines is 2. The predicted molar refractivity (Wildman–Crippen MR) is 83.9 cm³/mol. The molecular formula is C16H20N4O. The molecule has 21 heavy (non-hydrogen) atoms. The monoisotopic (exact) mass is 284 g/mol. The lowest BCUT2D eigenvalue weighted by Gasteiger charge is -2.34. The Balaban J connectivity index is 1.54. The molecule has 1 aromatic carbocycles. The van der Waals surface area contributed by atoms with Crippen LogP contribution in [0.3, 0.4) is 0 Å². The van der Waals surface area contributed by atoms with Gasteiger partial charge in [0.2, 0.25) is 5.95 Å². The van der Waals surface area contributed by atoms with Crippen LogP contribution in [0, 0.1) is 0 Å². The van der Waals surface area contributed by atoms with E-state index >= 15 is 0 Å². The second-order valence-electron chi connectivity index (χ2n) is 5.18. The minimum atomic E-state index is 0.446. The third kappa shape index (κ3) is 3.42. The van der Waals surface area contributed by atoms with Gasteiger partial charge in [-0.2, -0.15) is 0 Å². The van der Waals surface area contributed by atoms with Gasteiger partial charge in [0.1, 0.15) is 5.75 Å².